The van der Waals surface area contributed by atoms with Crippen LogP contribution in [0.5, 0.6) is 0 Å². The third-order valence-electron chi connectivity index (χ3n) is 5.01. The monoisotopic (exact) mass is 445 g/mol. The number of fused-ring (bicyclic) bond motifs is 1. The zero-order valence-corrected chi connectivity index (χ0v) is 18.2. The molecule has 4 rings (SSSR count). The topological polar surface area (TPSA) is 92.5 Å². The van der Waals surface area contributed by atoms with E-state index in [0.717, 1.165) is 23.8 Å². The van der Waals surface area contributed by atoms with Crippen LogP contribution in [0, 0.1) is 0 Å². The molecule has 1 unspecified atom stereocenters. The first-order chi connectivity index (χ1) is 14.4. The number of pyridine rings is 1. The molecule has 158 valence electrons. The van der Waals surface area contributed by atoms with Gasteiger partial charge in [-0.15, -0.1) is 0 Å². The van der Waals surface area contributed by atoms with Crippen molar-refractivity contribution in [2.45, 2.75) is 35.7 Å². The molecular formula is C21H23N3O4S2. The molecule has 1 N–H and O–H groups in total. The normalized spacial score (nSPS) is 16.0. The fourth-order valence-corrected chi connectivity index (χ4v) is 5.51. The Morgan fingerprint density at radius 2 is 2.00 bits per heavy atom. The molecule has 0 spiro atoms. The van der Waals surface area contributed by atoms with Crippen LogP contribution in [-0.2, 0) is 14.8 Å². The van der Waals surface area contributed by atoms with Crippen molar-refractivity contribution in [2.24, 2.45) is 0 Å². The van der Waals surface area contributed by atoms with Gasteiger partial charge < -0.3 is 9.73 Å². The van der Waals surface area contributed by atoms with Crippen LogP contribution in [-0.4, -0.2) is 42.5 Å². The van der Waals surface area contributed by atoms with Gasteiger partial charge in [-0.25, -0.2) is 13.4 Å². The lowest BCUT2D eigenvalue weighted by molar-refractivity contribution is -0.119. The van der Waals surface area contributed by atoms with Crippen molar-refractivity contribution in [1.29, 1.82) is 0 Å². The number of thioether (sulfide) groups is 1. The molecule has 3 heterocycles. The Morgan fingerprint density at radius 3 is 2.70 bits per heavy atom. The van der Waals surface area contributed by atoms with Gasteiger partial charge in [0, 0.05) is 24.7 Å². The smallest absolute Gasteiger partial charge is 0.244 e. The summed E-state index contributed by atoms with van der Waals surface area (Å²) in [5.74, 6) is 0.725. The summed E-state index contributed by atoms with van der Waals surface area (Å²) in [5, 5.41) is 4.51. The van der Waals surface area contributed by atoms with E-state index in [1.165, 1.54) is 22.3 Å². The van der Waals surface area contributed by atoms with Gasteiger partial charge in [0.2, 0.25) is 15.9 Å². The summed E-state index contributed by atoms with van der Waals surface area (Å²) < 4.78 is 32.4. The first-order valence-corrected chi connectivity index (χ1v) is 12.2. The average molecular weight is 446 g/mol. The number of nitrogens with zero attached hydrogens (tertiary/aromatic N) is 2. The number of carbonyl (C=O) groups excluding carboxylic acids is 1. The van der Waals surface area contributed by atoms with Crippen LogP contribution in [0.15, 0.2) is 63.0 Å². The molecule has 3 aromatic rings. The Hall–Kier alpha value is -2.36. The van der Waals surface area contributed by atoms with Crippen LogP contribution in [0.3, 0.4) is 0 Å². The number of carbonyl (C=O) groups is 1. The van der Waals surface area contributed by atoms with Gasteiger partial charge in [0.05, 0.1) is 16.8 Å². The quantitative estimate of drug-likeness (QED) is 0.559. The second kappa shape index (κ2) is 8.79. The third-order valence-corrected chi connectivity index (χ3v) is 7.84. The molecule has 1 saturated heterocycles. The van der Waals surface area contributed by atoms with Crippen LogP contribution < -0.4 is 5.32 Å². The SMILES string of the molecule is CC(NC(=O)CSc1ccc(S(=O)(=O)N2CCCC2)cn1)c1cc2ccccc2o1. The maximum absolute atomic E-state index is 12.5. The van der Waals surface area contributed by atoms with Crippen LogP contribution in [0.2, 0.25) is 0 Å². The minimum absolute atomic E-state index is 0.150. The molecule has 0 bridgehead atoms. The molecule has 1 amide bonds. The number of hydrogen-bond donors (Lipinski definition) is 1. The standard InChI is InChI=1S/C21H23N3O4S2/c1-15(19-12-16-6-2-3-7-18(16)28-19)23-20(25)14-29-21-9-8-17(13-22-21)30(26,27)24-10-4-5-11-24/h2-3,6-9,12-13,15H,4-5,10-11,14H2,1H3,(H,23,25). The summed E-state index contributed by atoms with van der Waals surface area (Å²) in [5.41, 5.74) is 0.788. The van der Waals surface area contributed by atoms with Crippen molar-refractivity contribution in [3.63, 3.8) is 0 Å². The molecule has 0 saturated carbocycles. The van der Waals surface area contributed by atoms with E-state index >= 15 is 0 Å². The van der Waals surface area contributed by atoms with Crippen LogP contribution in [0.4, 0.5) is 0 Å². The maximum Gasteiger partial charge on any atom is 0.244 e. The molecule has 7 nitrogen and oxygen atoms in total. The van der Waals surface area contributed by atoms with E-state index in [0.29, 0.717) is 23.9 Å². The van der Waals surface area contributed by atoms with Crippen molar-refractivity contribution in [1.82, 2.24) is 14.6 Å². The highest BCUT2D eigenvalue weighted by Gasteiger charge is 2.27. The lowest BCUT2D eigenvalue weighted by Gasteiger charge is -2.15. The number of sulfonamides is 1. The van der Waals surface area contributed by atoms with E-state index in [1.54, 1.807) is 12.1 Å². The van der Waals surface area contributed by atoms with Crippen molar-refractivity contribution in [3.8, 4) is 0 Å². The van der Waals surface area contributed by atoms with Gasteiger partial charge in [-0.2, -0.15) is 4.31 Å². The number of aromatic nitrogens is 1. The van der Waals surface area contributed by atoms with E-state index in [-0.39, 0.29) is 22.6 Å². The summed E-state index contributed by atoms with van der Waals surface area (Å²) >= 11 is 1.26. The molecule has 0 radical (unpaired) electrons. The van der Waals surface area contributed by atoms with Gasteiger partial charge in [0.25, 0.3) is 0 Å². The fraction of sp³-hybridized carbons (Fsp3) is 0.333. The lowest BCUT2D eigenvalue weighted by Crippen LogP contribution is -2.28. The van der Waals surface area contributed by atoms with Crippen molar-refractivity contribution in [2.75, 3.05) is 18.8 Å². The number of hydrogen-bond acceptors (Lipinski definition) is 6. The van der Waals surface area contributed by atoms with Crippen LogP contribution in [0.25, 0.3) is 11.0 Å². The van der Waals surface area contributed by atoms with E-state index in [1.807, 2.05) is 37.3 Å². The van der Waals surface area contributed by atoms with Gasteiger partial charge in [-0.05, 0) is 44.0 Å². The predicted molar refractivity (Wildman–Crippen MR) is 116 cm³/mol. The fourth-order valence-electron chi connectivity index (χ4n) is 3.39. The second-order valence-corrected chi connectivity index (χ2v) is 10.1. The first kappa shape index (κ1) is 20.9. The average Bonchev–Trinajstić information content (AvgIpc) is 3.43. The number of furan rings is 1. The Morgan fingerprint density at radius 1 is 1.23 bits per heavy atom. The number of benzene rings is 1. The zero-order chi connectivity index (χ0) is 21.1. The molecule has 0 aliphatic carbocycles. The molecule has 1 aliphatic rings. The maximum atomic E-state index is 12.5. The largest absolute Gasteiger partial charge is 0.459 e. The van der Waals surface area contributed by atoms with Gasteiger partial charge in [0.15, 0.2) is 0 Å². The summed E-state index contributed by atoms with van der Waals surface area (Å²) in [6.45, 7) is 2.99. The number of nitrogens with one attached hydrogen (secondary N) is 1. The Balaban J connectivity index is 1.32. The van der Waals surface area contributed by atoms with Crippen molar-refractivity contribution >= 4 is 38.7 Å². The second-order valence-electron chi connectivity index (χ2n) is 7.21. The molecule has 1 aliphatic heterocycles. The van der Waals surface area contributed by atoms with Gasteiger partial charge in [-0.1, -0.05) is 30.0 Å². The molecule has 1 aromatic carbocycles. The van der Waals surface area contributed by atoms with Crippen molar-refractivity contribution < 1.29 is 17.6 Å². The molecule has 1 fully saturated rings. The molecule has 2 aromatic heterocycles. The predicted octanol–water partition coefficient (Wildman–Crippen LogP) is 3.58. The van der Waals surface area contributed by atoms with Gasteiger partial charge in [-0.3, -0.25) is 4.79 Å². The number of para-hydroxylation sites is 1. The highest BCUT2D eigenvalue weighted by molar-refractivity contribution is 7.99. The highest BCUT2D eigenvalue weighted by atomic mass is 32.2. The summed E-state index contributed by atoms with van der Waals surface area (Å²) in [6.07, 6.45) is 3.15. The Kier molecular flexibility index (Phi) is 6.12. The Bertz CT molecular complexity index is 1100. The van der Waals surface area contributed by atoms with Crippen molar-refractivity contribution in [3.05, 3.63) is 54.4 Å². The molecule has 1 atom stereocenters. The zero-order valence-electron chi connectivity index (χ0n) is 16.6. The lowest BCUT2D eigenvalue weighted by atomic mass is 10.2. The van der Waals surface area contributed by atoms with Gasteiger partial charge in [0.1, 0.15) is 16.2 Å². The van der Waals surface area contributed by atoms with E-state index < -0.39 is 10.0 Å². The van der Waals surface area contributed by atoms with Crippen LogP contribution >= 0.6 is 11.8 Å². The Labute approximate surface area is 179 Å². The molecule has 30 heavy (non-hydrogen) atoms. The summed E-state index contributed by atoms with van der Waals surface area (Å²) in [6, 6.07) is 12.6. The number of rotatable bonds is 7. The molecule has 9 heteroatoms. The third kappa shape index (κ3) is 4.53. The van der Waals surface area contributed by atoms with E-state index in [4.69, 9.17) is 4.42 Å². The number of amides is 1. The van der Waals surface area contributed by atoms with E-state index in [9.17, 15) is 13.2 Å². The summed E-state index contributed by atoms with van der Waals surface area (Å²) in [4.78, 5) is 16.7. The first-order valence-electron chi connectivity index (χ1n) is 9.80. The minimum Gasteiger partial charge on any atom is -0.459 e. The summed E-state index contributed by atoms with van der Waals surface area (Å²) in [7, 11) is -3.47. The van der Waals surface area contributed by atoms with Crippen LogP contribution in [0.1, 0.15) is 31.6 Å². The van der Waals surface area contributed by atoms with Gasteiger partial charge >= 0.3 is 0 Å². The van der Waals surface area contributed by atoms with E-state index in [2.05, 4.69) is 10.3 Å². The minimum atomic E-state index is -3.47. The molecular weight excluding hydrogens is 422 g/mol. The highest BCUT2D eigenvalue weighted by Crippen LogP contribution is 2.25.